The lowest BCUT2D eigenvalue weighted by Crippen LogP contribution is -2.26. The van der Waals surface area contributed by atoms with Gasteiger partial charge in [0, 0.05) is 49.7 Å². The highest BCUT2D eigenvalue weighted by Gasteiger charge is 2.36. The lowest BCUT2D eigenvalue weighted by atomic mass is 9.74. The molecule has 0 N–H and O–H groups in total. The summed E-state index contributed by atoms with van der Waals surface area (Å²) < 4.78 is 2.49. The van der Waals surface area contributed by atoms with Gasteiger partial charge in [0.2, 0.25) is 0 Å². The van der Waals surface area contributed by atoms with Crippen molar-refractivity contribution in [1.82, 2.24) is 4.57 Å². The summed E-state index contributed by atoms with van der Waals surface area (Å²) in [6.07, 6.45) is 1.90. The molecule has 4 nitrogen and oxygen atoms in total. The quantitative estimate of drug-likeness (QED) is 0.162. The summed E-state index contributed by atoms with van der Waals surface area (Å²) in [5.41, 5.74) is 13.9. The topological polar surface area (TPSA) is 35.2 Å². The van der Waals surface area contributed by atoms with Gasteiger partial charge in [0.15, 0.2) is 0 Å². The fraction of sp³-hybridized carbons (Fsp3) is 0.0536. The largest absolute Gasteiger partial charge is 0.310 e. The Balaban J connectivity index is 1.23. The molecule has 1 aliphatic heterocycles. The molecule has 0 aliphatic carbocycles. The SMILES string of the molecule is C=Cc1ccc(N(c2cc3c4c(c2)c2cc(N(c5ccc(C#N)cc5)c5cccc6ccccc56)ccc2n4-c2ccccc2C3(C)C)c2cccc3ccccc23)cc1. The first kappa shape index (κ1) is 35.3. The average Bonchev–Trinajstić information content (AvgIpc) is 3.63. The van der Waals surface area contributed by atoms with Crippen LogP contribution in [0.1, 0.15) is 36.1 Å². The lowest BCUT2D eigenvalue weighted by Gasteiger charge is -2.36. The zero-order valence-corrected chi connectivity index (χ0v) is 33.5. The standard InChI is InChI=1S/C56H40N4/c1-4-37-23-27-42(28-24-37)59(52-22-12-16-40-14-6-8-18-46(40)52)44-34-48-47-33-43(31-32-53(47)60-54-20-10-9-19-49(54)56(2,3)50(35-44)55(48)60)58(41-29-25-38(36-57)26-30-41)51-21-11-15-39-13-5-7-17-45(39)51/h4-35H,1H2,2-3H3. The second-order valence-electron chi connectivity index (χ2n) is 16.2. The van der Waals surface area contributed by atoms with Crippen LogP contribution in [-0.2, 0) is 5.41 Å². The minimum Gasteiger partial charge on any atom is -0.310 e. The van der Waals surface area contributed by atoms with Gasteiger partial charge in [-0.25, -0.2) is 0 Å². The van der Waals surface area contributed by atoms with Crippen molar-refractivity contribution >= 4 is 83.6 Å². The molecule has 0 saturated carbocycles. The summed E-state index contributed by atoms with van der Waals surface area (Å²) >= 11 is 0. The Kier molecular flexibility index (Phi) is 8.01. The van der Waals surface area contributed by atoms with Gasteiger partial charge in [-0.1, -0.05) is 130 Å². The molecule has 0 amide bonds. The number of hydrogen-bond donors (Lipinski definition) is 0. The molecule has 1 aliphatic rings. The monoisotopic (exact) mass is 768 g/mol. The Morgan fingerprint density at radius 3 is 1.72 bits per heavy atom. The zero-order chi connectivity index (χ0) is 40.5. The molecule has 0 saturated heterocycles. The van der Waals surface area contributed by atoms with Gasteiger partial charge in [-0.15, -0.1) is 0 Å². The van der Waals surface area contributed by atoms with E-state index in [0.717, 1.165) is 56.0 Å². The van der Waals surface area contributed by atoms with Gasteiger partial charge in [0.25, 0.3) is 0 Å². The predicted octanol–water partition coefficient (Wildman–Crippen LogP) is 15.2. The molecule has 0 radical (unpaired) electrons. The molecule has 2 heterocycles. The van der Waals surface area contributed by atoms with Crippen LogP contribution in [0.4, 0.5) is 34.1 Å². The number of anilines is 6. The van der Waals surface area contributed by atoms with Crippen molar-refractivity contribution in [2.24, 2.45) is 0 Å². The summed E-state index contributed by atoms with van der Waals surface area (Å²) in [6.45, 7) is 8.77. The third-order valence-electron chi connectivity index (χ3n) is 12.5. The molecule has 9 aromatic carbocycles. The Labute approximate surface area is 349 Å². The van der Waals surface area contributed by atoms with E-state index in [1.54, 1.807) is 0 Å². The van der Waals surface area contributed by atoms with Crippen molar-refractivity contribution in [3.8, 4) is 11.8 Å². The van der Waals surface area contributed by atoms with Gasteiger partial charge in [-0.05, 0) is 112 Å². The molecule has 11 rings (SSSR count). The van der Waals surface area contributed by atoms with Crippen LogP contribution in [0.5, 0.6) is 0 Å². The van der Waals surface area contributed by atoms with Crippen LogP contribution >= 0.6 is 0 Å². The van der Waals surface area contributed by atoms with Crippen LogP contribution in [0.15, 0.2) is 195 Å². The maximum atomic E-state index is 9.73. The summed E-state index contributed by atoms with van der Waals surface area (Å²) in [6, 6.07) is 69.8. The molecule has 60 heavy (non-hydrogen) atoms. The fourth-order valence-corrected chi connectivity index (χ4v) is 9.56. The van der Waals surface area contributed by atoms with Gasteiger partial charge in [0.1, 0.15) is 0 Å². The van der Waals surface area contributed by atoms with Crippen molar-refractivity contribution in [3.63, 3.8) is 0 Å². The number of hydrogen-bond acceptors (Lipinski definition) is 3. The Morgan fingerprint density at radius 2 is 1.07 bits per heavy atom. The highest BCUT2D eigenvalue weighted by Crippen LogP contribution is 2.52. The number of rotatable bonds is 7. The van der Waals surface area contributed by atoms with E-state index in [-0.39, 0.29) is 5.41 Å². The van der Waals surface area contributed by atoms with E-state index in [9.17, 15) is 5.26 Å². The summed E-state index contributed by atoms with van der Waals surface area (Å²) in [5, 5.41) is 16.8. The number of fused-ring (bicyclic) bond motifs is 7. The van der Waals surface area contributed by atoms with Crippen molar-refractivity contribution < 1.29 is 0 Å². The number of para-hydroxylation sites is 1. The normalized spacial score (nSPS) is 12.7. The third kappa shape index (κ3) is 5.37. The summed E-state index contributed by atoms with van der Waals surface area (Å²) in [4.78, 5) is 4.76. The van der Waals surface area contributed by atoms with Gasteiger partial charge in [-0.3, -0.25) is 0 Å². The summed E-state index contributed by atoms with van der Waals surface area (Å²) in [7, 11) is 0. The molecule has 0 atom stereocenters. The number of nitrogens with zero attached hydrogens (tertiary/aromatic N) is 4. The predicted molar refractivity (Wildman–Crippen MR) is 252 cm³/mol. The van der Waals surface area contributed by atoms with Crippen molar-refractivity contribution in [2.75, 3.05) is 9.80 Å². The van der Waals surface area contributed by atoms with E-state index in [1.165, 1.54) is 43.9 Å². The van der Waals surface area contributed by atoms with E-state index in [2.05, 4.69) is 217 Å². The Morgan fingerprint density at radius 1 is 0.517 bits per heavy atom. The first-order chi connectivity index (χ1) is 29.4. The molecule has 10 aromatic rings. The van der Waals surface area contributed by atoms with Gasteiger partial charge >= 0.3 is 0 Å². The molecular weight excluding hydrogens is 729 g/mol. The van der Waals surface area contributed by atoms with Crippen LogP contribution in [0.2, 0.25) is 0 Å². The van der Waals surface area contributed by atoms with Gasteiger partial charge in [-0.2, -0.15) is 5.26 Å². The number of benzene rings is 9. The van der Waals surface area contributed by atoms with Crippen LogP contribution < -0.4 is 9.80 Å². The van der Waals surface area contributed by atoms with Crippen LogP contribution in [0, 0.1) is 11.3 Å². The van der Waals surface area contributed by atoms with Crippen LogP contribution in [0.3, 0.4) is 0 Å². The van der Waals surface area contributed by atoms with E-state index in [4.69, 9.17) is 0 Å². The Bertz CT molecular complexity index is 3370. The van der Waals surface area contributed by atoms with Crippen molar-refractivity contribution in [2.45, 2.75) is 19.3 Å². The molecule has 284 valence electrons. The van der Waals surface area contributed by atoms with E-state index in [0.29, 0.717) is 5.56 Å². The maximum Gasteiger partial charge on any atom is 0.0991 e. The van der Waals surface area contributed by atoms with Gasteiger partial charge < -0.3 is 14.4 Å². The highest BCUT2D eigenvalue weighted by atomic mass is 15.2. The fourth-order valence-electron chi connectivity index (χ4n) is 9.56. The second-order valence-corrected chi connectivity index (χ2v) is 16.2. The Hall–Kier alpha value is -7.87. The molecule has 0 unspecified atom stereocenters. The lowest BCUT2D eigenvalue weighted by molar-refractivity contribution is 0.630. The summed E-state index contributed by atoms with van der Waals surface area (Å²) in [5.74, 6) is 0. The minimum absolute atomic E-state index is 0.299. The van der Waals surface area contributed by atoms with Gasteiger partial charge in [0.05, 0.1) is 39.7 Å². The molecule has 0 spiro atoms. The van der Waals surface area contributed by atoms with Crippen LogP contribution in [-0.4, -0.2) is 4.57 Å². The maximum absolute atomic E-state index is 9.73. The highest BCUT2D eigenvalue weighted by molar-refractivity contribution is 6.15. The number of aromatic nitrogens is 1. The molecular formula is C56H40N4. The molecule has 4 heteroatoms. The van der Waals surface area contributed by atoms with Crippen LogP contribution in [0.25, 0.3) is 55.1 Å². The van der Waals surface area contributed by atoms with E-state index in [1.807, 2.05) is 18.2 Å². The minimum atomic E-state index is -0.299. The smallest absolute Gasteiger partial charge is 0.0991 e. The van der Waals surface area contributed by atoms with E-state index < -0.39 is 0 Å². The second kappa shape index (κ2) is 13.6. The van der Waals surface area contributed by atoms with Crippen molar-refractivity contribution in [1.29, 1.82) is 5.26 Å². The van der Waals surface area contributed by atoms with Crippen molar-refractivity contribution in [3.05, 3.63) is 217 Å². The molecule has 0 bridgehead atoms. The van der Waals surface area contributed by atoms with E-state index >= 15 is 0 Å². The first-order valence-corrected chi connectivity index (χ1v) is 20.4. The zero-order valence-electron chi connectivity index (χ0n) is 33.5. The number of nitriles is 1. The molecule has 0 fully saturated rings. The average molecular weight is 769 g/mol. The first-order valence-electron chi connectivity index (χ1n) is 20.4. The third-order valence-corrected chi connectivity index (χ3v) is 12.5. The molecule has 1 aromatic heterocycles.